The van der Waals surface area contributed by atoms with Gasteiger partial charge in [0, 0.05) is 20.2 Å². The summed E-state index contributed by atoms with van der Waals surface area (Å²) in [5, 5.41) is 0.579. The van der Waals surface area contributed by atoms with Crippen LogP contribution in [-0.2, 0) is 9.53 Å². The number of rotatable bonds is 6. The van der Waals surface area contributed by atoms with E-state index >= 15 is 0 Å². The molecule has 0 spiro atoms. The Balaban J connectivity index is 1.86. The molecule has 0 saturated carbocycles. The van der Waals surface area contributed by atoms with Gasteiger partial charge in [0.15, 0.2) is 0 Å². The van der Waals surface area contributed by atoms with Crippen molar-refractivity contribution in [2.75, 3.05) is 26.8 Å². The molecule has 1 saturated heterocycles. The summed E-state index contributed by atoms with van der Waals surface area (Å²) in [6.45, 7) is 1.75. The number of hydrogen-bond donors (Lipinski definition) is 1. The average Bonchev–Trinajstić information content (AvgIpc) is 2.84. The highest BCUT2D eigenvalue weighted by molar-refractivity contribution is 6.32. The maximum atomic E-state index is 11.4. The molecule has 0 aromatic heterocycles. The summed E-state index contributed by atoms with van der Waals surface area (Å²) >= 11 is 6.01. The molecule has 0 aliphatic carbocycles. The Hall–Kier alpha value is -1.30. The van der Waals surface area contributed by atoms with Crippen LogP contribution < -0.4 is 10.5 Å². The normalized spacial score (nSPS) is 22.9. The summed E-state index contributed by atoms with van der Waals surface area (Å²) in [4.78, 5) is 13.4. The van der Waals surface area contributed by atoms with Gasteiger partial charge < -0.3 is 15.2 Å². The van der Waals surface area contributed by atoms with E-state index in [9.17, 15) is 4.79 Å². The standard InChI is InChI=1S/C14H19ClN2O3/c1-19-10-8-12(14(16)18)17(9-10)6-7-20-13-5-3-2-4-11(13)15/h2-5,10,12H,6-9H2,1H3,(H2,16,18)/t10-,12-/m0/s1. The van der Waals surface area contributed by atoms with E-state index in [0.717, 1.165) is 0 Å². The molecule has 1 amide bonds. The topological polar surface area (TPSA) is 64.8 Å². The van der Waals surface area contributed by atoms with Crippen molar-refractivity contribution in [1.82, 2.24) is 4.90 Å². The smallest absolute Gasteiger partial charge is 0.234 e. The van der Waals surface area contributed by atoms with Crippen molar-refractivity contribution in [2.24, 2.45) is 5.73 Å². The minimum atomic E-state index is -0.317. The summed E-state index contributed by atoms with van der Waals surface area (Å²) in [6, 6.07) is 7.02. The third-order valence-corrected chi connectivity index (χ3v) is 3.81. The molecule has 1 fully saturated rings. The first kappa shape index (κ1) is 15.1. The van der Waals surface area contributed by atoms with Crippen molar-refractivity contribution in [3.63, 3.8) is 0 Å². The van der Waals surface area contributed by atoms with E-state index < -0.39 is 0 Å². The summed E-state index contributed by atoms with van der Waals surface area (Å²) in [7, 11) is 1.65. The number of amides is 1. The molecule has 1 aromatic rings. The third-order valence-electron chi connectivity index (χ3n) is 3.50. The number of benzene rings is 1. The molecular weight excluding hydrogens is 280 g/mol. The molecule has 5 nitrogen and oxygen atoms in total. The number of carbonyl (C=O) groups excluding carboxylic acids is 1. The van der Waals surface area contributed by atoms with Gasteiger partial charge in [-0.05, 0) is 18.6 Å². The second kappa shape index (κ2) is 6.92. The van der Waals surface area contributed by atoms with Gasteiger partial charge in [-0.15, -0.1) is 0 Å². The number of methoxy groups -OCH3 is 1. The van der Waals surface area contributed by atoms with E-state index in [2.05, 4.69) is 0 Å². The van der Waals surface area contributed by atoms with Crippen LogP contribution in [0.4, 0.5) is 0 Å². The van der Waals surface area contributed by atoms with E-state index in [0.29, 0.717) is 36.9 Å². The Morgan fingerprint density at radius 1 is 1.50 bits per heavy atom. The molecule has 0 radical (unpaired) electrons. The Kier molecular flexibility index (Phi) is 5.23. The van der Waals surface area contributed by atoms with Crippen molar-refractivity contribution in [1.29, 1.82) is 0 Å². The van der Waals surface area contributed by atoms with Crippen LogP contribution in [0.25, 0.3) is 0 Å². The minimum absolute atomic E-state index is 0.0489. The lowest BCUT2D eigenvalue weighted by Crippen LogP contribution is -2.42. The SMILES string of the molecule is CO[C@H]1C[C@@H](C(N)=O)N(CCOc2ccccc2Cl)C1. The molecular formula is C14H19ClN2O3. The molecule has 1 aliphatic heterocycles. The minimum Gasteiger partial charge on any atom is -0.491 e. The van der Waals surface area contributed by atoms with Crippen LogP contribution in [0.15, 0.2) is 24.3 Å². The Labute approximate surface area is 123 Å². The number of ether oxygens (including phenoxy) is 2. The molecule has 1 aromatic carbocycles. The predicted octanol–water partition coefficient (Wildman–Crippen LogP) is 1.29. The van der Waals surface area contributed by atoms with Crippen molar-refractivity contribution in [2.45, 2.75) is 18.6 Å². The van der Waals surface area contributed by atoms with Crippen LogP contribution in [-0.4, -0.2) is 49.8 Å². The highest BCUT2D eigenvalue weighted by Crippen LogP contribution is 2.24. The summed E-state index contributed by atoms with van der Waals surface area (Å²) in [6.07, 6.45) is 0.686. The van der Waals surface area contributed by atoms with Gasteiger partial charge in [0.05, 0.1) is 17.2 Å². The highest BCUT2D eigenvalue weighted by atomic mass is 35.5. The van der Waals surface area contributed by atoms with E-state index in [4.69, 9.17) is 26.8 Å². The van der Waals surface area contributed by atoms with Crippen LogP contribution >= 0.6 is 11.6 Å². The number of hydrogen-bond acceptors (Lipinski definition) is 4. The molecule has 0 bridgehead atoms. The Bertz CT molecular complexity index is 469. The van der Waals surface area contributed by atoms with Gasteiger partial charge in [0.2, 0.25) is 5.91 Å². The number of primary amides is 1. The van der Waals surface area contributed by atoms with Crippen LogP contribution in [0, 0.1) is 0 Å². The van der Waals surface area contributed by atoms with Crippen LogP contribution in [0.3, 0.4) is 0 Å². The van der Waals surface area contributed by atoms with Gasteiger partial charge in [0.1, 0.15) is 12.4 Å². The molecule has 20 heavy (non-hydrogen) atoms. The second-order valence-corrected chi connectivity index (χ2v) is 5.19. The van der Waals surface area contributed by atoms with Crippen molar-refractivity contribution in [3.05, 3.63) is 29.3 Å². The van der Waals surface area contributed by atoms with Crippen molar-refractivity contribution < 1.29 is 14.3 Å². The van der Waals surface area contributed by atoms with Gasteiger partial charge >= 0.3 is 0 Å². The van der Waals surface area contributed by atoms with Crippen LogP contribution in [0.5, 0.6) is 5.75 Å². The number of nitrogens with two attached hydrogens (primary N) is 1. The van der Waals surface area contributed by atoms with Gasteiger partial charge in [-0.25, -0.2) is 0 Å². The van der Waals surface area contributed by atoms with Crippen molar-refractivity contribution >= 4 is 17.5 Å². The maximum absolute atomic E-state index is 11.4. The van der Waals surface area contributed by atoms with Crippen molar-refractivity contribution in [3.8, 4) is 5.75 Å². The van der Waals surface area contributed by atoms with E-state index in [1.54, 1.807) is 13.2 Å². The molecule has 1 aliphatic rings. The van der Waals surface area contributed by atoms with Gasteiger partial charge in [0.25, 0.3) is 0 Å². The number of nitrogens with zero attached hydrogens (tertiary/aromatic N) is 1. The average molecular weight is 299 g/mol. The fraction of sp³-hybridized carbons (Fsp3) is 0.500. The fourth-order valence-electron chi connectivity index (χ4n) is 2.41. The molecule has 2 rings (SSSR count). The Morgan fingerprint density at radius 2 is 2.25 bits per heavy atom. The monoisotopic (exact) mass is 298 g/mol. The zero-order valence-electron chi connectivity index (χ0n) is 11.4. The lowest BCUT2D eigenvalue weighted by atomic mass is 10.2. The molecule has 6 heteroatoms. The molecule has 2 N–H and O–H groups in total. The summed E-state index contributed by atoms with van der Waals surface area (Å²) in [5.74, 6) is 0.328. The van der Waals surface area contributed by atoms with Gasteiger partial charge in [-0.1, -0.05) is 23.7 Å². The lowest BCUT2D eigenvalue weighted by Gasteiger charge is -2.21. The zero-order chi connectivity index (χ0) is 14.5. The van der Waals surface area contributed by atoms with E-state index in [-0.39, 0.29) is 18.1 Å². The highest BCUT2D eigenvalue weighted by Gasteiger charge is 2.35. The third kappa shape index (κ3) is 3.62. The largest absolute Gasteiger partial charge is 0.491 e. The molecule has 110 valence electrons. The lowest BCUT2D eigenvalue weighted by molar-refractivity contribution is -0.122. The summed E-state index contributed by atoms with van der Waals surface area (Å²) in [5.41, 5.74) is 5.41. The zero-order valence-corrected chi connectivity index (χ0v) is 12.2. The van der Waals surface area contributed by atoms with Crippen LogP contribution in [0.1, 0.15) is 6.42 Å². The number of halogens is 1. The Morgan fingerprint density at radius 3 is 2.90 bits per heavy atom. The first-order chi connectivity index (χ1) is 9.61. The van der Waals surface area contributed by atoms with Crippen LogP contribution in [0.2, 0.25) is 5.02 Å². The number of carbonyl (C=O) groups is 1. The van der Waals surface area contributed by atoms with E-state index in [1.165, 1.54) is 0 Å². The number of para-hydroxylation sites is 1. The van der Waals surface area contributed by atoms with Gasteiger partial charge in [-0.2, -0.15) is 0 Å². The van der Waals surface area contributed by atoms with E-state index in [1.807, 2.05) is 23.1 Å². The molecule has 1 heterocycles. The second-order valence-electron chi connectivity index (χ2n) is 4.79. The van der Waals surface area contributed by atoms with Gasteiger partial charge in [-0.3, -0.25) is 9.69 Å². The quantitative estimate of drug-likeness (QED) is 0.859. The first-order valence-electron chi connectivity index (χ1n) is 6.55. The fourth-order valence-corrected chi connectivity index (χ4v) is 2.60. The number of likely N-dealkylation sites (tertiary alicyclic amines) is 1. The molecule has 2 atom stereocenters. The maximum Gasteiger partial charge on any atom is 0.234 e. The summed E-state index contributed by atoms with van der Waals surface area (Å²) < 4.78 is 10.9. The molecule has 0 unspecified atom stereocenters. The first-order valence-corrected chi connectivity index (χ1v) is 6.93. The predicted molar refractivity (Wildman–Crippen MR) is 76.9 cm³/mol.